The Morgan fingerprint density at radius 3 is 2.71 bits per heavy atom. The largest absolute Gasteiger partial charge is 0.465 e. The number of rotatable bonds is 4. The van der Waals surface area contributed by atoms with Crippen molar-refractivity contribution in [2.75, 3.05) is 12.8 Å². The zero-order valence-electron chi connectivity index (χ0n) is 13.3. The molecular weight excluding hydrogens is 324 g/mol. The Kier molecular flexibility index (Phi) is 4.48. The highest BCUT2D eigenvalue weighted by Gasteiger charge is 2.13. The number of carbonyl (C=O) groups is 1. The highest BCUT2D eigenvalue weighted by molar-refractivity contribution is 7.11. The van der Waals surface area contributed by atoms with Crippen LogP contribution in [0.25, 0.3) is 11.1 Å². The van der Waals surface area contributed by atoms with Crippen molar-refractivity contribution in [2.45, 2.75) is 6.92 Å². The Hall–Kier alpha value is -2.86. The molecule has 6 heteroatoms. The summed E-state index contributed by atoms with van der Waals surface area (Å²) in [6, 6.07) is 11.0. The summed E-state index contributed by atoms with van der Waals surface area (Å²) >= 11 is 1.37. The first-order valence-electron chi connectivity index (χ1n) is 7.24. The predicted octanol–water partition coefficient (Wildman–Crippen LogP) is 4.28. The van der Waals surface area contributed by atoms with Crippen molar-refractivity contribution < 1.29 is 14.3 Å². The van der Waals surface area contributed by atoms with E-state index < -0.39 is 5.97 Å². The molecule has 0 aliphatic heterocycles. The van der Waals surface area contributed by atoms with Gasteiger partial charge in [0.1, 0.15) is 5.75 Å². The van der Waals surface area contributed by atoms with Crippen LogP contribution in [0.5, 0.6) is 10.9 Å². The lowest BCUT2D eigenvalue weighted by molar-refractivity contribution is 0.0600. The van der Waals surface area contributed by atoms with Gasteiger partial charge in [0, 0.05) is 22.8 Å². The van der Waals surface area contributed by atoms with Gasteiger partial charge in [0.05, 0.1) is 12.7 Å². The molecule has 0 radical (unpaired) electrons. The molecule has 1 heterocycles. The van der Waals surface area contributed by atoms with Crippen molar-refractivity contribution in [2.24, 2.45) is 0 Å². The van der Waals surface area contributed by atoms with Gasteiger partial charge >= 0.3 is 5.97 Å². The molecule has 0 atom stereocenters. The second-order valence-corrected chi connectivity index (χ2v) is 6.09. The Bertz CT molecular complexity index is 876. The number of methoxy groups -OCH3 is 1. The molecular formula is C18H16N2O3S. The topological polar surface area (TPSA) is 74.4 Å². The molecule has 3 aromatic rings. The molecule has 0 saturated carbocycles. The van der Waals surface area contributed by atoms with E-state index in [4.69, 9.17) is 15.2 Å². The molecule has 0 fully saturated rings. The van der Waals surface area contributed by atoms with Gasteiger partial charge in [0.25, 0.3) is 5.19 Å². The zero-order valence-corrected chi connectivity index (χ0v) is 14.1. The van der Waals surface area contributed by atoms with Gasteiger partial charge in [-0.3, -0.25) is 0 Å². The maximum absolute atomic E-state index is 12.0. The van der Waals surface area contributed by atoms with E-state index in [1.807, 2.05) is 36.6 Å². The van der Waals surface area contributed by atoms with Gasteiger partial charge in [-0.15, -0.1) is 0 Å². The average Bonchev–Trinajstić information content (AvgIpc) is 3.06. The predicted molar refractivity (Wildman–Crippen MR) is 94.6 cm³/mol. The summed E-state index contributed by atoms with van der Waals surface area (Å²) < 4.78 is 10.6. The Labute approximate surface area is 143 Å². The second kappa shape index (κ2) is 6.72. The third kappa shape index (κ3) is 3.38. The van der Waals surface area contributed by atoms with Crippen LogP contribution >= 0.6 is 11.3 Å². The number of anilines is 1. The molecule has 0 amide bonds. The van der Waals surface area contributed by atoms with Crippen LogP contribution in [0.15, 0.2) is 48.0 Å². The van der Waals surface area contributed by atoms with Gasteiger partial charge in [-0.05, 0) is 42.3 Å². The van der Waals surface area contributed by atoms with Crippen LogP contribution in [0, 0.1) is 6.92 Å². The molecule has 1 aromatic heterocycles. The van der Waals surface area contributed by atoms with E-state index in [0.29, 0.717) is 22.2 Å². The van der Waals surface area contributed by atoms with Gasteiger partial charge in [-0.1, -0.05) is 23.5 Å². The summed E-state index contributed by atoms with van der Waals surface area (Å²) in [5, 5.41) is 2.32. The van der Waals surface area contributed by atoms with Gasteiger partial charge in [0.15, 0.2) is 0 Å². The Morgan fingerprint density at radius 1 is 1.21 bits per heavy atom. The third-order valence-electron chi connectivity index (χ3n) is 3.46. The van der Waals surface area contributed by atoms with E-state index in [-0.39, 0.29) is 0 Å². The minimum atomic E-state index is -0.438. The van der Waals surface area contributed by atoms with Gasteiger partial charge < -0.3 is 15.2 Å². The number of nitrogens with two attached hydrogens (primary N) is 1. The highest BCUT2D eigenvalue weighted by atomic mass is 32.1. The number of nitrogen functional groups attached to an aromatic ring is 1. The smallest absolute Gasteiger partial charge is 0.338 e. The number of benzene rings is 2. The summed E-state index contributed by atoms with van der Waals surface area (Å²) in [4.78, 5) is 16.1. The molecule has 0 spiro atoms. The Morgan fingerprint density at radius 2 is 2.04 bits per heavy atom. The van der Waals surface area contributed by atoms with Gasteiger partial charge in [0.2, 0.25) is 0 Å². The number of carbonyl (C=O) groups excluding carboxylic acids is 1. The number of esters is 1. The summed E-state index contributed by atoms with van der Waals surface area (Å²) in [5.74, 6) is 0.0642. The van der Waals surface area contributed by atoms with E-state index in [0.717, 1.165) is 16.7 Å². The van der Waals surface area contributed by atoms with Crippen molar-refractivity contribution in [1.82, 2.24) is 4.98 Å². The molecule has 2 N–H and O–H groups in total. The lowest BCUT2D eigenvalue weighted by atomic mass is 9.99. The van der Waals surface area contributed by atoms with Crippen molar-refractivity contribution in [1.29, 1.82) is 0 Å². The van der Waals surface area contributed by atoms with Crippen LogP contribution in [-0.4, -0.2) is 18.1 Å². The number of ether oxygens (including phenoxy) is 2. The van der Waals surface area contributed by atoms with Crippen LogP contribution < -0.4 is 10.5 Å². The first kappa shape index (κ1) is 16.0. The van der Waals surface area contributed by atoms with Gasteiger partial charge in [-0.25, -0.2) is 9.78 Å². The zero-order chi connectivity index (χ0) is 17.1. The summed E-state index contributed by atoms with van der Waals surface area (Å²) in [7, 11) is 1.34. The number of hydrogen-bond donors (Lipinski definition) is 1. The van der Waals surface area contributed by atoms with Crippen LogP contribution in [0.3, 0.4) is 0 Å². The summed E-state index contributed by atoms with van der Waals surface area (Å²) in [5.41, 5.74) is 9.84. The number of hydrogen-bond acceptors (Lipinski definition) is 6. The Balaban J connectivity index is 2.08. The average molecular weight is 340 g/mol. The van der Waals surface area contributed by atoms with Crippen LogP contribution in [-0.2, 0) is 4.74 Å². The third-order valence-corrected chi connectivity index (χ3v) is 4.11. The molecule has 0 unspecified atom stereocenters. The van der Waals surface area contributed by atoms with E-state index in [9.17, 15) is 4.79 Å². The molecule has 0 saturated heterocycles. The second-order valence-electron chi connectivity index (χ2n) is 5.23. The van der Waals surface area contributed by atoms with Crippen molar-refractivity contribution in [3.05, 3.63) is 59.1 Å². The van der Waals surface area contributed by atoms with Crippen LogP contribution in [0.4, 0.5) is 5.69 Å². The molecule has 2 aromatic carbocycles. The quantitative estimate of drug-likeness (QED) is 0.567. The van der Waals surface area contributed by atoms with E-state index in [1.165, 1.54) is 18.4 Å². The van der Waals surface area contributed by atoms with Crippen molar-refractivity contribution in [3.63, 3.8) is 0 Å². The number of aryl methyl sites for hydroxylation is 1. The van der Waals surface area contributed by atoms with Crippen molar-refractivity contribution in [3.8, 4) is 22.1 Å². The summed E-state index contributed by atoms with van der Waals surface area (Å²) in [6.07, 6.45) is 1.66. The minimum Gasteiger partial charge on any atom is -0.465 e. The molecule has 122 valence electrons. The van der Waals surface area contributed by atoms with Crippen LogP contribution in [0.2, 0.25) is 0 Å². The molecule has 0 bridgehead atoms. The molecule has 0 aliphatic carbocycles. The van der Waals surface area contributed by atoms with Crippen molar-refractivity contribution >= 4 is 23.0 Å². The SMILES string of the molecule is COC(=O)c1cc(Oc2nccs2)cc(-c2ccc(C)cc2N)c1. The lowest BCUT2D eigenvalue weighted by Gasteiger charge is -2.11. The van der Waals surface area contributed by atoms with E-state index >= 15 is 0 Å². The maximum Gasteiger partial charge on any atom is 0.338 e. The maximum atomic E-state index is 12.0. The molecule has 3 rings (SSSR count). The fraction of sp³-hybridized carbons (Fsp3) is 0.111. The number of nitrogens with zero attached hydrogens (tertiary/aromatic N) is 1. The number of thiazole rings is 1. The molecule has 24 heavy (non-hydrogen) atoms. The lowest BCUT2D eigenvalue weighted by Crippen LogP contribution is -2.02. The summed E-state index contributed by atoms with van der Waals surface area (Å²) in [6.45, 7) is 1.97. The minimum absolute atomic E-state index is 0.390. The van der Waals surface area contributed by atoms with E-state index in [1.54, 1.807) is 18.3 Å². The molecule has 5 nitrogen and oxygen atoms in total. The first-order chi connectivity index (χ1) is 11.6. The van der Waals surface area contributed by atoms with Gasteiger partial charge in [-0.2, -0.15) is 0 Å². The monoisotopic (exact) mass is 340 g/mol. The molecule has 0 aliphatic rings. The first-order valence-corrected chi connectivity index (χ1v) is 8.12. The van der Waals surface area contributed by atoms with E-state index in [2.05, 4.69) is 4.98 Å². The van der Waals surface area contributed by atoms with Crippen LogP contribution in [0.1, 0.15) is 15.9 Å². The number of aromatic nitrogens is 1. The fourth-order valence-corrected chi connectivity index (χ4v) is 2.86. The standard InChI is InChI=1S/C18H16N2O3S/c1-11-3-4-15(16(19)7-11)12-8-13(17(21)22-2)10-14(9-12)23-18-20-5-6-24-18/h3-10H,19H2,1-2H3. The highest BCUT2D eigenvalue weighted by Crippen LogP contribution is 2.33. The fourth-order valence-electron chi connectivity index (χ4n) is 2.36. The normalized spacial score (nSPS) is 10.4.